The topological polar surface area (TPSA) is 44.8 Å². The Bertz CT molecular complexity index is 477. The Labute approximate surface area is 136 Å². The molecule has 1 saturated heterocycles. The van der Waals surface area contributed by atoms with E-state index < -0.39 is 5.79 Å². The largest absolute Gasteiger partial charge is 0.465 e. The van der Waals surface area contributed by atoms with Gasteiger partial charge in [-0.3, -0.25) is 4.79 Å². The van der Waals surface area contributed by atoms with Crippen molar-refractivity contribution in [3.05, 3.63) is 35.9 Å². The van der Waals surface area contributed by atoms with Crippen molar-refractivity contribution in [3.8, 4) is 0 Å². The van der Waals surface area contributed by atoms with Crippen LogP contribution in [-0.4, -0.2) is 37.3 Å². The summed E-state index contributed by atoms with van der Waals surface area (Å²) in [6.07, 6.45) is 0. The molecule has 0 bridgehead atoms. The van der Waals surface area contributed by atoms with E-state index in [2.05, 4.69) is 13.8 Å². The average molecular weight is 324 g/mol. The minimum absolute atomic E-state index is 0.00406. The third kappa shape index (κ3) is 4.48. The van der Waals surface area contributed by atoms with Gasteiger partial charge in [0.25, 0.3) is 0 Å². The number of hydrogen-bond donors (Lipinski definition) is 0. The van der Waals surface area contributed by atoms with Gasteiger partial charge in [0.15, 0.2) is 0 Å². The summed E-state index contributed by atoms with van der Waals surface area (Å²) in [5, 5.41) is 0. The molecular weight excluding hydrogens is 300 g/mol. The number of esters is 1. The molecule has 0 unspecified atom stereocenters. The molecule has 1 aromatic carbocycles. The molecule has 4 nitrogen and oxygen atoms in total. The zero-order chi connectivity index (χ0) is 16.1. The Hall–Kier alpha value is -1.04. The van der Waals surface area contributed by atoms with Crippen molar-refractivity contribution in [2.75, 3.05) is 31.3 Å². The van der Waals surface area contributed by atoms with Gasteiger partial charge in [0.2, 0.25) is 5.79 Å². The highest BCUT2D eigenvalue weighted by Gasteiger charge is 2.42. The van der Waals surface area contributed by atoms with Gasteiger partial charge >= 0.3 is 5.97 Å². The molecule has 0 aliphatic carbocycles. The van der Waals surface area contributed by atoms with Crippen LogP contribution in [0, 0.1) is 5.41 Å². The van der Waals surface area contributed by atoms with E-state index in [4.69, 9.17) is 14.2 Å². The van der Waals surface area contributed by atoms with Crippen LogP contribution in [0.2, 0.25) is 0 Å². The zero-order valence-electron chi connectivity index (χ0n) is 13.5. The molecule has 1 aromatic rings. The summed E-state index contributed by atoms with van der Waals surface area (Å²) in [6, 6.07) is 9.92. The Morgan fingerprint density at radius 1 is 1.23 bits per heavy atom. The fraction of sp³-hybridized carbons (Fsp3) is 0.588. The van der Waals surface area contributed by atoms with Crippen LogP contribution < -0.4 is 0 Å². The molecule has 0 saturated carbocycles. The third-order valence-electron chi connectivity index (χ3n) is 3.42. The molecule has 0 amide bonds. The highest BCUT2D eigenvalue weighted by atomic mass is 32.2. The van der Waals surface area contributed by atoms with Gasteiger partial charge in [-0.1, -0.05) is 44.2 Å². The molecule has 5 heteroatoms. The predicted octanol–water partition coefficient (Wildman–Crippen LogP) is 3.21. The highest BCUT2D eigenvalue weighted by molar-refractivity contribution is 7.99. The SMILES string of the molecule is CCOC(=O)CSCC1(c2ccccc2)OCC(C)(C)CO1. The van der Waals surface area contributed by atoms with Gasteiger partial charge in [0.05, 0.1) is 31.3 Å². The first-order chi connectivity index (χ1) is 10.5. The van der Waals surface area contributed by atoms with Gasteiger partial charge in [-0.15, -0.1) is 11.8 Å². The van der Waals surface area contributed by atoms with E-state index in [9.17, 15) is 4.79 Å². The van der Waals surface area contributed by atoms with Crippen molar-refractivity contribution >= 4 is 17.7 Å². The summed E-state index contributed by atoms with van der Waals surface area (Å²) >= 11 is 1.48. The van der Waals surface area contributed by atoms with Crippen molar-refractivity contribution in [3.63, 3.8) is 0 Å². The number of benzene rings is 1. The summed E-state index contributed by atoms with van der Waals surface area (Å²) in [5.41, 5.74) is 0.992. The van der Waals surface area contributed by atoms with Gasteiger partial charge in [0.1, 0.15) is 0 Å². The van der Waals surface area contributed by atoms with Crippen molar-refractivity contribution in [2.24, 2.45) is 5.41 Å². The maximum atomic E-state index is 11.5. The standard InChI is InChI=1S/C17H24O4S/c1-4-19-15(18)10-22-13-17(14-8-6-5-7-9-14)20-11-16(2,3)12-21-17/h5-9H,4,10-13H2,1-3H3. The van der Waals surface area contributed by atoms with E-state index in [-0.39, 0.29) is 11.4 Å². The molecule has 0 radical (unpaired) electrons. The van der Waals surface area contributed by atoms with E-state index in [1.165, 1.54) is 11.8 Å². The van der Waals surface area contributed by atoms with Crippen LogP contribution in [0.4, 0.5) is 0 Å². The van der Waals surface area contributed by atoms with Crippen molar-refractivity contribution in [1.82, 2.24) is 0 Å². The molecule has 0 aromatic heterocycles. The van der Waals surface area contributed by atoms with Gasteiger partial charge < -0.3 is 14.2 Å². The Balaban J connectivity index is 2.05. The molecular formula is C17H24O4S. The Morgan fingerprint density at radius 2 is 1.86 bits per heavy atom. The van der Waals surface area contributed by atoms with Crippen LogP contribution in [0.25, 0.3) is 0 Å². The van der Waals surface area contributed by atoms with E-state index in [0.717, 1.165) is 5.56 Å². The van der Waals surface area contributed by atoms with Crippen molar-refractivity contribution in [2.45, 2.75) is 26.6 Å². The minimum Gasteiger partial charge on any atom is -0.465 e. The molecule has 1 fully saturated rings. The molecule has 0 atom stereocenters. The van der Waals surface area contributed by atoms with Crippen LogP contribution in [0.3, 0.4) is 0 Å². The molecule has 0 spiro atoms. The van der Waals surface area contributed by atoms with E-state index in [1.807, 2.05) is 37.3 Å². The Kier molecular flexibility index (Phi) is 5.89. The number of ether oxygens (including phenoxy) is 3. The Morgan fingerprint density at radius 3 is 2.45 bits per heavy atom. The molecule has 1 aliphatic rings. The number of thioether (sulfide) groups is 1. The summed E-state index contributed by atoms with van der Waals surface area (Å²) in [7, 11) is 0. The third-order valence-corrected chi connectivity index (χ3v) is 4.45. The van der Waals surface area contributed by atoms with Crippen LogP contribution in [0.5, 0.6) is 0 Å². The number of hydrogen-bond acceptors (Lipinski definition) is 5. The lowest BCUT2D eigenvalue weighted by molar-refractivity contribution is -0.295. The summed E-state index contributed by atoms with van der Waals surface area (Å²) in [5.74, 6) is -0.120. The normalized spacial score (nSPS) is 19.6. The molecule has 0 N–H and O–H groups in total. The van der Waals surface area contributed by atoms with E-state index in [1.54, 1.807) is 0 Å². The second kappa shape index (κ2) is 7.49. The number of carbonyl (C=O) groups excluding carboxylic acids is 1. The lowest BCUT2D eigenvalue weighted by atomic mass is 9.93. The van der Waals surface area contributed by atoms with E-state index in [0.29, 0.717) is 31.3 Å². The maximum absolute atomic E-state index is 11.5. The first-order valence-electron chi connectivity index (χ1n) is 7.54. The van der Waals surface area contributed by atoms with Gasteiger partial charge in [-0.05, 0) is 6.92 Å². The van der Waals surface area contributed by atoms with Crippen LogP contribution in [0.15, 0.2) is 30.3 Å². The first kappa shape index (κ1) is 17.3. The molecule has 122 valence electrons. The maximum Gasteiger partial charge on any atom is 0.315 e. The monoisotopic (exact) mass is 324 g/mol. The van der Waals surface area contributed by atoms with Crippen LogP contribution in [0.1, 0.15) is 26.3 Å². The molecule has 1 heterocycles. The van der Waals surface area contributed by atoms with Gasteiger partial charge in [-0.2, -0.15) is 0 Å². The minimum atomic E-state index is -0.784. The molecule has 2 rings (SSSR count). The average Bonchev–Trinajstić information content (AvgIpc) is 2.50. The zero-order valence-corrected chi connectivity index (χ0v) is 14.3. The fourth-order valence-corrected chi connectivity index (χ4v) is 3.16. The summed E-state index contributed by atoms with van der Waals surface area (Å²) in [4.78, 5) is 11.5. The van der Waals surface area contributed by atoms with E-state index >= 15 is 0 Å². The number of rotatable bonds is 6. The molecule has 22 heavy (non-hydrogen) atoms. The number of carbonyl (C=O) groups is 1. The fourth-order valence-electron chi connectivity index (χ4n) is 2.20. The lowest BCUT2D eigenvalue weighted by Gasteiger charge is -2.43. The smallest absolute Gasteiger partial charge is 0.315 e. The summed E-state index contributed by atoms with van der Waals surface area (Å²) < 4.78 is 17.2. The van der Waals surface area contributed by atoms with Crippen LogP contribution in [-0.2, 0) is 24.8 Å². The molecule has 1 aliphatic heterocycles. The predicted molar refractivity (Wildman–Crippen MR) is 87.8 cm³/mol. The van der Waals surface area contributed by atoms with Crippen molar-refractivity contribution < 1.29 is 19.0 Å². The van der Waals surface area contributed by atoms with Gasteiger partial charge in [0, 0.05) is 11.0 Å². The van der Waals surface area contributed by atoms with Crippen molar-refractivity contribution in [1.29, 1.82) is 0 Å². The highest BCUT2D eigenvalue weighted by Crippen LogP contribution is 2.38. The first-order valence-corrected chi connectivity index (χ1v) is 8.70. The quantitative estimate of drug-likeness (QED) is 0.752. The second-order valence-electron chi connectivity index (χ2n) is 6.16. The lowest BCUT2D eigenvalue weighted by Crippen LogP contribution is -2.47. The summed E-state index contributed by atoms with van der Waals surface area (Å²) in [6.45, 7) is 7.71. The van der Waals surface area contributed by atoms with Crippen LogP contribution >= 0.6 is 11.8 Å². The van der Waals surface area contributed by atoms with Gasteiger partial charge in [-0.25, -0.2) is 0 Å². The second-order valence-corrected chi connectivity index (χ2v) is 7.14.